The van der Waals surface area contributed by atoms with Gasteiger partial charge in [-0.3, -0.25) is 0 Å². The van der Waals surface area contributed by atoms with Crippen molar-refractivity contribution in [1.82, 2.24) is 4.57 Å². The summed E-state index contributed by atoms with van der Waals surface area (Å²) >= 11 is 0. The lowest BCUT2D eigenvalue weighted by Crippen LogP contribution is -1.97. The van der Waals surface area contributed by atoms with Gasteiger partial charge in [-0.2, -0.15) is 0 Å². The Hall–Kier alpha value is -4.54. The number of fused-ring (bicyclic) bond motifs is 7. The van der Waals surface area contributed by atoms with Crippen LogP contribution >= 0.6 is 0 Å². The molecule has 0 saturated heterocycles. The van der Waals surface area contributed by atoms with Crippen molar-refractivity contribution in [2.75, 3.05) is 0 Å². The first-order valence-electron chi connectivity index (χ1n) is 11.5. The number of benzene rings is 4. The van der Waals surface area contributed by atoms with E-state index in [1.54, 1.807) is 0 Å². The fourth-order valence-corrected chi connectivity index (χ4v) is 5.19. The number of hydrogen-bond donors (Lipinski definition) is 0. The van der Waals surface area contributed by atoms with E-state index in [4.69, 9.17) is 0 Å². The first-order chi connectivity index (χ1) is 16.7. The van der Waals surface area contributed by atoms with Crippen LogP contribution in [0.25, 0.3) is 67.1 Å². The molecule has 0 aliphatic heterocycles. The van der Waals surface area contributed by atoms with Crippen LogP contribution in [0.4, 0.5) is 0 Å². The molecule has 0 spiro atoms. The topological polar surface area (TPSA) is 4.93 Å². The van der Waals surface area contributed by atoms with Crippen molar-refractivity contribution in [3.8, 4) is 5.69 Å². The van der Waals surface area contributed by atoms with Crippen molar-refractivity contribution in [1.29, 1.82) is 0 Å². The monoisotopic (exact) mass is 433 g/mol. The minimum Gasteiger partial charge on any atom is -0.309 e. The first-order valence-corrected chi connectivity index (χ1v) is 11.5. The minimum atomic E-state index is 1.08. The number of hydrogen-bond acceptors (Lipinski definition) is 0. The minimum absolute atomic E-state index is 1.08. The van der Waals surface area contributed by atoms with Gasteiger partial charge in [-0.15, -0.1) is 0 Å². The van der Waals surface area contributed by atoms with Crippen molar-refractivity contribution in [3.63, 3.8) is 0 Å². The molecule has 0 radical (unpaired) electrons. The highest BCUT2D eigenvalue weighted by atomic mass is 15.0. The molecule has 0 unspecified atom stereocenters. The summed E-state index contributed by atoms with van der Waals surface area (Å²) in [5.74, 6) is 0. The molecular weight excluding hydrogens is 410 g/mol. The zero-order valence-corrected chi connectivity index (χ0v) is 19.1. The quantitative estimate of drug-likeness (QED) is 0.244. The van der Waals surface area contributed by atoms with Crippen LogP contribution in [0.3, 0.4) is 0 Å². The van der Waals surface area contributed by atoms with Crippen molar-refractivity contribution in [3.05, 3.63) is 121 Å². The highest BCUT2D eigenvalue weighted by Gasteiger charge is 2.16. The second-order valence-corrected chi connectivity index (χ2v) is 8.49. The molecule has 0 N–H and O–H groups in total. The summed E-state index contributed by atoms with van der Waals surface area (Å²) in [4.78, 5) is 0. The van der Waals surface area contributed by atoms with Crippen molar-refractivity contribution >= 4 is 61.4 Å². The van der Waals surface area contributed by atoms with E-state index < -0.39 is 0 Å². The first kappa shape index (κ1) is 20.1. The van der Waals surface area contributed by atoms with E-state index in [0.717, 1.165) is 27.8 Å². The van der Waals surface area contributed by atoms with Gasteiger partial charge in [-0.25, -0.2) is 0 Å². The van der Waals surface area contributed by atoms with Gasteiger partial charge in [-0.1, -0.05) is 79.9 Å². The fraction of sp³-hybridized carbons (Fsp3) is 0.0303. The molecule has 0 bridgehead atoms. The van der Waals surface area contributed by atoms with Crippen LogP contribution in [0.2, 0.25) is 0 Å². The lowest BCUT2D eigenvalue weighted by molar-refractivity contribution is 1.11. The summed E-state index contributed by atoms with van der Waals surface area (Å²) in [6.07, 6.45) is 8.10. The van der Waals surface area contributed by atoms with Crippen LogP contribution in [-0.4, -0.2) is 4.57 Å². The third kappa shape index (κ3) is 2.83. The van der Waals surface area contributed by atoms with E-state index in [-0.39, 0.29) is 0 Å². The molecule has 6 aromatic rings. The zero-order valence-electron chi connectivity index (χ0n) is 19.1. The van der Waals surface area contributed by atoms with Gasteiger partial charge in [0.15, 0.2) is 0 Å². The van der Waals surface area contributed by atoms with Gasteiger partial charge >= 0.3 is 0 Å². The van der Waals surface area contributed by atoms with Crippen molar-refractivity contribution in [2.24, 2.45) is 0 Å². The number of rotatable bonds is 4. The Morgan fingerprint density at radius 2 is 1.56 bits per heavy atom. The third-order valence-corrected chi connectivity index (χ3v) is 6.67. The average molecular weight is 434 g/mol. The molecule has 1 heterocycles. The Bertz CT molecular complexity index is 1760. The van der Waals surface area contributed by atoms with Gasteiger partial charge in [0.05, 0.1) is 11.2 Å². The largest absolute Gasteiger partial charge is 0.309 e. The van der Waals surface area contributed by atoms with Crippen molar-refractivity contribution in [2.45, 2.75) is 6.92 Å². The van der Waals surface area contributed by atoms with E-state index in [2.05, 4.69) is 116 Å². The molecule has 0 aliphatic carbocycles. The molecule has 6 rings (SSSR count). The molecule has 0 atom stereocenters. The molecule has 160 valence electrons. The second kappa shape index (κ2) is 7.80. The molecule has 34 heavy (non-hydrogen) atoms. The Morgan fingerprint density at radius 3 is 2.35 bits per heavy atom. The van der Waals surface area contributed by atoms with Crippen LogP contribution in [0.5, 0.6) is 0 Å². The van der Waals surface area contributed by atoms with Gasteiger partial charge < -0.3 is 4.57 Å². The summed E-state index contributed by atoms with van der Waals surface area (Å²) in [6, 6.07) is 32.4. The maximum atomic E-state index is 4.17. The average Bonchev–Trinajstić information content (AvgIpc) is 3.21. The maximum absolute atomic E-state index is 4.17. The van der Waals surface area contributed by atoms with Crippen LogP contribution in [0.1, 0.15) is 23.7 Å². The Morgan fingerprint density at radius 1 is 0.765 bits per heavy atom. The molecular formula is C33H23N. The van der Waals surface area contributed by atoms with Crippen LogP contribution in [-0.2, 0) is 0 Å². The van der Waals surface area contributed by atoms with Gasteiger partial charge in [0, 0.05) is 22.0 Å². The van der Waals surface area contributed by atoms with Crippen LogP contribution in [0.15, 0.2) is 92.0 Å². The van der Waals surface area contributed by atoms with Crippen LogP contribution in [0, 0.1) is 12.1 Å². The third-order valence-electron chi connectivity index (χ3n) is 6.67. The molecule has 0 aliphatic rings. The molecule has 1 nitrogen and oxygen atoms in total. The highest BCUT2D eigenvalue weighted by molar-refractivity contribution is 6.25. The van der Waals surface area contributed by atoms with Crippen molar-refractivity contribution < 1.29 is 0 Å². The zero-order chi connectivity index (χ0) is 23.2. The summed E-state index contributed by atoms with van der Waals surface area (Å²) < 4.78 is 2.31. The van der Waals surface area contributed by atoms with E-state index in [1.807, 2.05) is 18.2 Å². The Labute approximate surface area is 199 Å². The van der Waals surface area contributed by atoms with Gasteiger partial charge in [0.1, 0.15) is 0 Å². The Kier molecular flexibility index (Phi) is 4.61. The molecule has 1 aromatic heterocycles. The van der Waals surface area contributed by atoms with E-state index in [9.17, 15) is 0 Å². The summed E-state index contributed by atoms with van der Waals surface area (Å²) in [5, 5.41) is 8.38. The normalized spacial score (nSPS) is 11.6. The number of nitrogens with zero attached hydrogens (tertiary/aromatic N) is 1. The Balaban J connectivity index is 1.75. The molecule has 0 amide bonds. The highest BCUT2D eigenvalue weighted by Crippen LogP contribution is 2.37. The van der Waals surface area contributed by atoms with Crippen LogP contribution < -0.4 is 0 Å². The predicted octanol–water partition coefficient (Wildman–Crippen LogP) is 9.01. The fourth-order valence-electron chi connectivity index (χ4n) is 5.19. The molecule has 5 aromatic carbocycles. The van der Waals surface area contributed by atoms with Gasteiger partial charge in [0.25, 0.3) is 0 Å². The molecule has 0 fully saturated rings. The predicted molar refractivity (Wildman–Crippen MR) is 148 cm³/mol. The molecule has 1 heteroatoms. The van der Waals surface area contributed by atoms with Gasteiger partial charge in [0.2, 0.25) is 0 Å². The van der Waals surface area contributed by atoms with E-state index in [0.29, 0.717) is 0 Å². The summed E-state index contributed by atoms with van der Waals surface area (Å²) in [5.41, 5.74) is 5.63. The SMILES string of the molecule is C=Cc1ccc2c(c1)c(/C=C\C)c(C=C)n2-c1ccc2c3ccc#cc3c3ccccc3c2c1. The van der Waals surface area contributed by atoms with E-state index in [1.165, 1.54) is 37.9 Å². The summed E-state index contributed by atoms with van der Waals surface area (Å²) in [7, 11) is 0. The molecule has 0 saturated carbocycles. The lowest BCUT2D eigenvalue weighted by atomic mass is 9.95. The van der Waals surface area contributed by atoms with Gasteiger partial charge in [-0.05, 0) is 81.9 Å². The number of aromatic nitrogens is 1. The maximum Gasteiger partial charge on any atom is 0.0541 e. The summed E-state index contributed by atoms with van der Waals surface area (Å²) in [6.45, 7) is 10.2. The number of allylic oxidation sites excluding steroid dienone is 1. The smallest absolute Gasteiger partial charge is 0.0541 e. The lowest BCUT2D eigenvalue weighted by Gasteiger charge is -2.13. The standard InChI is InChI=1S/C33H23N/c1-4-11-29-31-20-22(5-2)16-19-33(31)34(32(29)6-3)23-17-18-28-26-14-8-7-12-24(26)25-13-9-10-15-27(25)30(28)21-23/h4-6,8-11,13-21H,2-3H2,1H3/b11-4-. The van der Waals surface area contributed by atoms with E-state index >= 15 is 0 Å². The second-order valence-electron chi connectivity index (χ2n) is 8.49.